The van der Waals surface area contributed by atoms with Gasteiger partial charge in [0.1, 0.15) is 0 Å². The first-order chi connectivity index (χ1) is 19.6. The van der Waals surface area contributed by atoms with E-state index in [-0.39, 0.29) is 5.95 Å². The van der Waals surface area contributed by atoms with Gasteiger partial charge >= 0.3 is 5.97 Å². The van der Waals surface area contributed by atoms with Crippen LogP contribution in [0.25, 0.3) is 16.9 Å². The quantitative estimate of drug-likeness (QED) is 0.327. The monoisotopic (exact) mass is 545 g/mol. The van der Waals surface area contributed by atoms with Gasteiger partial charge in [0.05, 0.1) is 36.8 Å². The van der Waals surface area contributed by atoms with Gasteiger partial charge in [-0.1, -0.05) is 0 Å². The number of piperazine rings is 1. The van der Waals surface area contributed by atoms with Crippen molar-refractivity contribution in [2.24, 2.45) is 0 Å². The molecule has 0 radical (unpaired) electrons. The van der Waals surface area contributed by atoms with E-state index >= 15 is 0 Å². The highest BCUT2D eigenvalue weighted by atomic mass is 16.5. The molecule has 0 aliphatic carbocycles. The number of morpholine rings is 1. The number of hydrogen-bond donors (Lipinski definition) is 1. The molecule has 40 heavy (non-hydrogen) atoms. The highest BCUT2D eigenvalue weighted by Crippen LogP contribution is 2.26. The molecule has 208 valence electrons. The second-order valence-corrected chi connectivity index (χ2v) is 9.60. The largest absolute Gasteiger partial charge is 0.462 e. The van der Waals surface area contributed by atoms with Gasteiger partial charge in [-0.15, -0.1) is 0 Å². The van der Waals surface area contributed by atoms with Gasteiger partial charge < -0.3 is 29.4 Å². The summed E-state index contributed by atoms with van der Waals surface area (Å²) in [7, 11) is 0. The van der Waals surface area contributed by atoms with Crippen LogP contribution in [-0.2, 0) is 16.0 Å². The van der Waals surface area contributed by atoms with Gasteiger partial charge in [-0.25, -0.2) is 34.7 Å². The Balaban J connectivity index is 1.17. The van der Waals surface area contributed by atoms with Crippen molar-refractivity contribution in [1.29, 1.82) is 0 Å². The molecule has 0 bridgehead atoms. The first kappa shape index (κ1) is 25.8. The SMILES string of the molecule is CCOC(=O)c1cnc(N2CCN(Cc3cn4cc(-c5cnc(N)nc5)nc(N5CCOCC5)c4n3)CC2)nc1. The molecule has 0 aromatic carbocycles. The minimum atomic E-state index is -0.410. The smallest absolute Gasteiger partial charge is 0.341 e. The first-order valence-corrected chi connectivity index (χ1v) is 13.3. The number of carbonyl (C=O) groups excluding carboxylic acids is 1. The number of ether oxygens (including phenoxy) is 2. The number of nitrogens with two attached hydrogens (primary N) is 1. The second-order valence-electron chi connectivity index (χ2n) is 9.60. The molecule has 2 aliphatic heterocycles. The fraction of sp³-hybridized carbons (Fsp3) is 0.423. The van der Waals surface area contributed by atoms with Crippen LogP contribution in [0.3, 0.4) is 0 Å². The summed E-state index contributed by atoms with van der Waals surface area (Å²) in [6.07, 6.45) is 10.4. The highest BCUT2D eigenvalue weighted by Gasteiger charge is 2.23. The maximum atomic E-state index is 11.9. The Hall–Kier alpha value is -4.43. The lowest BCUT2D eigenvalue weighted by atomic mass is 10.2. The number of nitrogens with zero attached hydrogens (tertiary/aromatic N) is 10. The van der Waals surface area contributed by atoms with Crippen LogP contribution in [0.4, 0.5) is 17.7 Å². The topological polar surface area (TPSA) is 153 Å². The lowest BCUT2D eigenvalue weighted by molar-refractivity contribution is 0.0525. The Labute approximate surface area is 230 Å². The molecule has 0 amide bonds. The van der Waals surface area contributed by atoms with Gasteiger partial charge in [-0.05, 0) is 6.92 Å². The molecule has 0 spiro atoms. The van der Waals surface area contributed by atoms with E-state index < -0.39 is 5.97 Å². The standard InChI is InChI=1S/C26H31N11O3/c1-2-40-24(38)19-13-30-26(31-14-19)36-5-3-34(4-6-36)15-20-16-37-17-21(18-11-28-25(27)29-12-18)33-23(22(37)32-20)35-7-9-39-10-8-35/h11-14,16-17H,2-10,15H2,1H3,(H2,27,28,29). The molecule has 14 nitrogen and oxygen atoms in total. The predicted octanol–water partition coefficient (Wildman–Crippen LogP) is 0.894. The summed E-state index contributed by atoms with van der Waals surface area (Å²) in [6, 6.07) is 0. The molecule has 6 rings (SSSR count). The van der Waals surface area contributed by atoms with Crippen LogP contribution in [0.15, 0.2) is 37.2 Å². The molecule has 6 heterocycles. The van der Waals surface area contributed by atoms with Crippen molar-refractivity contribution in [2.45, 2.75) is 13.5 Å². The number of hydrogen-bond acceptors (Lipinski definition) is 13. The van der Waals surface area contributed by atoms with E-state index in [1.807, 2.05) is 10.6 Å². The summed E-state index contributed by atoms with van der Waals surface area (Å²) >= 11 is 0. The van der Waals surface area contributed by atoms with E-state index in [1.165, 1.54) is 12.4 Å². The minimum absolute atomic E-state index is 0.225. The summed E-state index contributed by atoms with van der Waals surface area (Å²) in [5.41, 5.74) is 9.36. The average molecular weight is 546 g/mol. The summed E-state index contributed by atoms with van der Waals surface area (Å²) in [5, 5.41) is 0. The van der Waals surface area contributed by atoms with Crippen LogP contribution in [0, 0.1) is 0 Å². The summed E-state index contributed by atoms with van der Waals surface area (Å²) < 4.78 is 12.6. The number of nitrogen functional groups attached to an aromatic ring is 1. The molecule has 2 N–H and O–H groups in total. The third kappa shape index (κ3) is 5.49. The van der Waals surface area contributed by atoms with Crippen molar-refractivity contribution in [1.82, 2.24) is 39.2 Å². The van der Waals surface area contributed by atoms with Crippen molar-refractivity contribution in [2.75, 3.05) is 74.6 Å². The second kappa shape index (κ2) is 11.4. The molecule has 2 aliphatic rings. The van der Waals surface area contributed by atoms with Gasteiger partial charge in [0.25, 0.3) is 0 Å². The zero-order valence-corrected chi connectivity index (χ0v) is 22.3. The first-order valence-electron chi connectivity index (χ1n) is 13.3. The van der Waals surface area contributed by atoms with Gasteiger partial charge in [0.2, 0.25) is 11.9 Å². The van der Waals surface area contributed by atoms with Gasteiger partial charge in [-0.3, -0.25) is 4.90 Å². The summed E-state index contributed by atoms with van der Waals surface area (Å²) in [4.78, 5) is 45.6. The fourth-order valence-electron chi connectivity index (χ4n) is 4.85. The van der Waals surface area contributed by atoms with E-state index in [4.69, 9.17) is 25.2 Å². The molecular weight excluding hydrogens is 514 g/mol. The number of carbonyl (C=O) groups is 1. The summed E-state index contributed by atoms with van der Waals surface area (Å²) in [5.74, 6) is 1.24. The number of anilines is 3. The number of esters is 1. The zero-order valence-electron chi connectivity index (χ0n) is 22.3. The highest BCUT2D eigenvalue weighted by molar-refractivity contribution is 5.88. The lowest BCUT2D eigenvalue weighted by Gasteiger charge is -2.34. The van der Waals surface area contributed by atoms with Gasteiger partial charge in [0, 0.05) is 88.6 Å². The molecule has 2 fully saturated rings. The Bertz CT molecular complexity index is 1460. The van der Waals surface area contributed by atoms with E-state index in [9.17, 15) is 4.79 Å². The van der Waals surface area contributed by atoms with Crippen LogP contribution in [0.5, 0.6) is 0 Å². The van der Waals surface area contributed by atoms with Crippen LogP contribution in [-0.4, -0.2) is 104 Å². The molecular formula is C26H31N11O3. The van der Waals surface area contributed by atoms with E-state index in [2.05, 4.69) is 40.8 Å². The molecule has 0 unspecified atom stereocenters. The van der Waals surface area contributed by atoms with E-state index in [0.717, 1.165) is 67.7 Å². The van der Waals surface area contributed by atoms with Gasteiger partial charge in [0.15, 0.2) is 11.5 Å². The molecule has 2 saturated heterocycles. The molecule has 0 saturated carbocycles. The number of aromatic nitrogens is 7. The predicted molar refractivity (Wildman–Crippen MR) is 147 cm³/mol. The molecule has 14 heteroatoms. The van der Waals surface area contributed by atoms with Crippen LogP contribution >= 0.6 is 0 Å². The van der Waals surface area contributed by atoms with Crippen LogP contribution in [0.1, 0.15) is 23.0 Å². The van der Waals surface area contributed by atoms with Crippen LogP contribution < -0.4 is 15.5 Å². The maximum absolute atomic E-state index is 11.9. The van der Waals surface area contributed by atoms with Crippen molar-refractivity contribution in [3.05, 3.63) is 48.4 Å². The summed E-state index contributed by atoms with van der Waals surface area (Å²) in [6.45, 7) is 8.80. The van der Waals surface area contributed by atoms with E-state index in [1.54, 1.807) is 19.3 Å². The average Bonchev–Trinajstić information content (AvgIpc) is 3.40. The minimum Gasteiger partial charge on any atom is -0.462 e. The van der Waals surface area contributed by atoms with Crippen molar-refractivity contribution < 1.29 is 14.3 Å². The third-order valence-electron chi connectivity index (χ3n) is 6.94. The molecule has 0 atom stereocenters. The Morgan fingerprint density at radius 3 is 2.35 bits per heavy atom. The molecule has 4 aromatic rings. The van der Waals surface area contributed by atoms with Gasteiger partial charge in [-0.2, -0.15) is 0 Å². The zero-order chi connectivity index (χ0) is 27.5. The normalized spacial score (nSPS) is 16.4. The lowest BCUT2D eigenvalue weighted by Crippen LogP contribution is -2.46. The number of fused-ring (bicyclic) bond motifs is 1. The van der Waals surface area contributed by atoms with Crippen LogP contribution in [0.2, 0.25) is 0 Å². The fourth-order valence-corrected chi connectivity index (χ4v) is 4.85. The number of rotatable bonds is 7. The number of imidazole rings is 1. The van der Waals surface area contributed by atoms with Crippen molar-refractivity contribution >= 4 is 29.3 Å². The third-order valence-corrected chi connectivity index (χ3v) is 6.94. The van der Waals surface area contributed by atoms with E-state index in [0.29, 0.717) is 37.9 Å². The van der Waals surface area contributed by atoms with Crippen molar-refractivity contribution in [3.63, 3.8) is 0 Å². The Morgan fingerprint density at radius 1 is 0.925 bits per heavy atom. The Kier molecular flexibility index (Phi) is 7.33. The molecule has 4 aromatic heterocycles. The Morgan fingerprint density at radius 2 is 1.65 bits per heavy atom. The maximum Gasteiger partial charge on any atom is 0.341 e. The van der Waals surface area contributed by atoms with Crippen molar-refractivity contribution in [3.8, 4) is 11.3 Å².